The molecule has 1 aromatic carbocycles. The minimum Gasteiger partial charge on any atom is -0.364 e. The number of nitrogens with zero attached hydrogens (tertiary/aromatic N) is 1. The van der Waals surface area contributed by atoms with E-state index >= 15 is 0 Å². The summed E-state index contributed by atoms with van der Waals surface area (Å²) in [7, 11) is 0. The first-order valence-corrected chi connectivity index (χ1v) is 6.32. The number of carbonyl (C=O) groups is 1. The Labute approximate surface area is 105 Å². The van der Waals surface area contributed by atoms with Crippen LogP contribution < -0.4 is 4.90 Å². The molecule has 1 fully saturated rings. The fourth-order valence-electron chi connectivity index (χ4n) is 1.91. The zero-order chi connectivity index (χ0) is 11.8. The van der Waals surface area contributed by atoms with Gasteiger partial charge in [-0.25, -0.2) is 0 Å². The van der Waals surface area contributed by atoms with Gasteiger partial charge in [0.05, 0.1) is 6.54 Å². The highest BCUT2D eigenvalue weighted by molar-refractivity contribution is 9.10. The average Bonchev–Trinajstić information content (AvgIpc) is 2.22. The van der Waals surface area contributed by atoms with Crippen LogP contribution in [-0.4, -0.2) is 18.9 Å². The number of ketones is 1. The van der Waals surface area contributed by atoms with E-state index in [1.165, 1.54) is 0 Å². The molecule has 0 saturated carbocycles. The summed E-state index contributed by atoms with van der Waals surface area (Å²) in [4.78, 5) is 14.1. The predicted molar refractivity (Wildman–Crippen MR) is 69.8 cm³/mol. The van der Waals surface area contributed by atoms with Crippen LogP contribution in [0.25, 0.3) is 0 Å². The zero-order valence-corrected chi connectivity index (χ0v) is 11.3. The normalized spacial score (nSPS) is 19.9. The minimum absolute atomic E-state index is 0.150. The van der Waals surface area contributed by atoms with Gasteiger partial charge in [-0.05, 0) is 24.6 Å². The Hall–Kier alpha value is -0.830. The summed E-state index contributed by atoms with van der Waals surface area (Å²) < 4.78 is 1.06. The molecule has 0 aliphatic carbocycles. The number of hydrogen-bond donors (Lipinski definition) is 0. The van der Waals surface area contributed by atoms with Crippen molar-refractivity contribution in [3.63, 3.8) is 0 Å². The highest BCUT2D eigenvalue weighted by Gasteiger charge is 2.33. The summed E-state index contributed by atoms with van der Waals surface area (Å²) in [5.74, 6) is 0.332. The average molecular weight is 282 g/mol. The molecule has 2 rings (SSSR count). The number of rotatable bonds is 1. The van der Waals surface area contributed by atoms with Gasteiger partial charge in [0.15, 0.2) is 5.78 Å². The maximum Gasteiger partial charge on any atom is 0.157 e. The molecule has 1 aliphatic rings. The summed E-state index contributed by atoms with van der Waals surface area (Å²) in [5.41, 5.74) is 0.973. The zero-order valence-electron chi connectivity index (χ0n) is 9.66. The lowest BCUT2D eigenvalue weighted by atomic mass is 9.81. The third-order valence-electron chi connectivity index (χ3n) is 3.27. The van der Waals surface area contributed by atoms with Crippen molar-refractivity contribution in [3.8, 4) is 0 Å². The van der Waals surface area contributed by atoms with Gasteiger partial charge in [-0.3, -0.25) is 4.79 Å². The summed E-state index contributed by atoms with van der Waals surface area (Å²) in [6, 6.07) is 8.12. The van der Waals surface area contributed by atoms with Gasteiger partial charge < -0.3 is 4.90 Å². The topological polar surface area (TPSA) is 20.3 Å². The standard InChI is InChI=1S/C13H16BrNO/c1-13(2)6-7-15(9-12(13)16)11-5-3-4-10(14)8-11/h3-5,8H,6-7,9H2,1-2H3. The van der Waals surface area contributed by atoms with Gasteiger partial charge in [-0.15, -0.1) is 0 Å². The number of anilines is 1. The monoisotopic (exact) mass is 281 g/mol. The van der Waals surface area contributed by atoms with Gasteiger partial charge >= 0.3 is 0 Å². The fourth-order valence-corrected chi connectivity index (χ4v) is 2.30. The molecule has 1 saturated heterocycles. The Morgan fingerprint density at radius 1 is 1.38 bits per heavy atom. The fraction of sp³-hybridized carbons (Fsp3) is 0.462. The van der Waals surface area contributed by atoms with Gasteiger partial charge in [-0.1, -0.05) is 35.8 Å². The second-order valence-electron chi connectivity index (χ2n) is 4.96. The maximum atomic E-state index is 11.9. The number of benzene rings is 1. The van der Waals surface area contributed by atoms with E-state index in [0.717, 1.165) is 23.1 Å². The summed E-state index contributed by atoms with van der Waals surface area (Å²) in [6.07, 6.45) is 0.929. The van der Waals surface area contributed by atoms with Crippen LogP contribution in [0.15, 0.2) is 28.7 Å². The van der Waals surface area contributed by atoms with E-state index in [2.05, 4.69) is 33.0 Å². The SMILES string of the molecule is CC1(C)CCN(c2cccc(Br)c2)CC1=O. The van der Waals surface area contributed by atoms with Crippen LogP contribution in [0.5, 0.6) is 0 Å². The third kappa shape index (κ3) is 2.29. The quantitative estimate of drug-likeness (QED) is 0.788. The molecule has 0 aromatic heterocycles. The van der Waals surface area contributed by atoms with Crippen molar-refractivity contribution in [2.75, 3.05) is 18.0 Å². The molecular formula is C13H16BrNO. The molecule has 16 heavy (non-hydrogen) atoms. The number of piperidine rings is 1. The molecule has 86 valence electrons. The first-order valence-electron chi connectivity index (χ1n) is 5.53. The summed E-state index contributed by atoms with van der Waals surface area (Å²) in [5, 5.41) is 0. The molecule has 1 aliphatic heterocycles. The molecule has 0 unspecified atom stereocenters. The van der Waals surface area contributed by atoms with E-state index in [0.29, 0.717) is 12.3 Å². The Kier molecular flexibility index (Phi) is 3.06. The first kappa shape index (κ1) is 11.6. The van der Waals surface area contributed by atoms with Crippen LogP contribution in [0.4, 0.5) is 5.69 Å². The van der Waals surface area contributed by atoms with Crippen LogP contribution >= 0.6 is 15.9 Å². The van der Waals surface area contributed by atoms with Gasteiger partial charge in [0, 0.05) is 22.1 Å². The number of carbonyl (C=O) groups excluding carboxylic acids is 1. The van der Waals surface area contributed by atoms with E-state index in [1.54, 1.807) is 0 Å². The van der Waals surface area contributed by atoms with Crippen molar-refractivity contribution in [2.45, 2.75) is 20.3 Å². The minimum atomic E-state index is -0.150. The van der Waals surface area contributed by atoms with Crippen molar-refractivity contribution in [3.05, 3.63) is 28.7 Å². The Morgan fingerprint density at radius 3 is 2.75 bits per heavy atom. The van der Waals surface area contributed by atoms with E-state index in [9.17, 15) is 4.79 Å². The van der Waals surface area contributed by atoms with E-state index in [-0.39, 0.29) is 5.41 Å². The molecule has 0 atom stereocenters. The van der Waals surface area contributed by atoms with Crippen molar-refractivity contribution in [2.24, 2.45) is 5.41 Å². The van der Waals surface area contributed by atoms with Crippen molar-refractivity contribution >= 4 is 27.4 Å². The molecule has 1 heterocycles. The van der Waals surface area contributed by atoms with Crippen LogP contribution in [0.3, 0.4) is 0 Å². The van der Waals surface area contributed by atoms with Gasteiger partial charge in [0.1, 0.15) is 0 Å². The Bertz CT molecular complexity index is 414. The first-order chi connectivity index (χ1) is 7.49. The summed E-state index contributed by atoms with van der Waals surface area (Å²) in [6.45, 7) is 5.56. The largest absolute Gasteiger partial charge is 0.364 e. The van der Waals surface area contributed by atoms with Crippen LogP contribution in [0.2, 0.25) is 0 Å². The predicted octanol–water partition coefficient (Wildman–Crippen LogP) is 3.25. The molecule has 0 spiro atoms. The lowest BCUT2D eigenvalue weighted by Gasteiger charge is -2.36. The van der Waals surface area contributed by atoms with Crippen LogP contribution in [-0.2, 0) is 4.79 Å². The van der Waals surface area contributed by atoms with Gasteiger partial charge in [0.25, 0.3) is 0 Å². The van der Waals surface area contributed by atoms with Crippen molar-refractivity contribution in [1.82, 2.24) is 0 Å². The molecule has 2 nitrogen and oxygen atoms in total. The van der Waals surface area contributed by atoms with Gasteiger partial charge in [-0.2, -0.15) is 0 Å². The summed E-state index contributed by atoms with van der Waals surface area (Å²) >= 11 is 3.45. The highest BCUT2D eigenvalue weighted by Crippen LogP contribution is 2.30. The van der Waals surface area contributed by atoms with E-state index in [4.69, 9.17) is 0 Å². The van der Waals surface area contributed by atoms with Gasteiger partial charge in [0.2, 0.25) is 0 Å². The van der Waals surface area contributed by atoms with E-state index < -0.39 is 0 Å². The lowest BCUT2D eigenvalue weighted by molar-refractivity contribution is -0.127. The third-order valence-corrected chi connectivity index (χ3v) is 3.76. The van der Waals surface area contributed by atoms with Crippen LogP contribution in [0, 0.1) is 5.41 Å². The Morgan fingerprint density at radius 2 is 2.12 bits per heavy atom. The molecule has 0 N–H and O–H groups in total. The molecule has 0 bridgehead atoms. The number of hydrogen-bond acceptors (Lipinski definition) is 2. The molecule has 0 radical (unpaired) electrons. The highest BCUT2D eigenvalue weighted by atomic mass is 79.9. The van der Waals surface area contributed by atoms with Crippen LogP contribution in [0.1, 0.15) is 20.3 Å². The molecular weight excluding hydrogens is 266 g/mol. The van der Waals surface area contributed by atoms with Crippen molar-refractivity contribution in [1.29, 1.82) is 0 Å². The van der Waals surface area contributed by atoms with E-state index in [1.807, 2.05) is 26.0 Å². The molecule has 0 amide bonds. The molecule has 3 heteroatoms. The molecule has 1 aromatic rings. The van der Waals surface area contributed by atoms with Crippen molar-refractivity contribution < 1.29 is 4.79 Å². The number of Topliss-reactive ketones (excluding diaryl/α,β-unsaturated/α-hetero) is 1. The maximum absolute atomic E-state index is 11.9. The smallest absolute Gasteiger partial charge is 0.157 e. The lowest BCUT2D eigenvalue weighted by Crippen LogP contribution is -2.45. The second kappa shape index (κ2) is 4.21. The second-order valence-corrected chi connectivity index (χ2v) is 5.87. The Balaban J connectivity index is 2.17. The number of halogens is 1.